The van der Waals surface area contributed by atoms with Gasteiger partial charge in [-0.05, 0) is 90.2 Å². The third-order valence-electron chi connectivity index (χ3n) is 11.8. The van der Waals surface area contributed by atoms with Crippen molar-refractivity contribution in [2.75, 3.05) is 0 Å². The Hall–Kier alpha value is -1.51. The topological polar surface area (TPSA) is 31.2 Å². The van der Waals surface area contributed by atoms with Crippen molar-refractivity contribution >= 4 is 5.97 Å². The van der Waals surface area contributed by atoms with Crippen molar-refractivity contribution in [3.63, 3.8) is 0 Å². The fourth-order valence-corrected chi connectivity index (χ4v) is 8.07. The monoisotopic (exact) mass is 740 g/mol. The second kappa shape index (κ2) is 37.4. The molecule has 53 heavy (non-hydrogen) atoms. The molecule has 1 heterocycles. The molecule has 0 aliphatic carbocycles. The predicted octanol–water partition coefficient (Wildman–Crippen LogP) is 17.0. The standard InChI is InChI=1S/C50H93NO2/c1-6-9-12-15-18-19-20-21-22-23-24-27-32-37-48(44-45-51-46(4)42-43-47(51)5)38-33-28-25-26-31-36-41-50(52)53-49(39-34-29-16-13-10-7-2)40-35-30-17-14-11-8-3/h37,42-43,49H,6-36,38-41,44-45H2,1-5H3/b48-37-. The number of carbonyl (C=O) groups is 1. The van der Waals surface area contributed by atoms with Crippen LogP contribution < -0.4 is 0 Å². The normalized spacial score (nSPS) is 12.0. The van der Waals surface area contributed by atoms with Gasteiger partial charge in [0.25, 0.3) is 0 Å². The minimum absolute atomic E-state index is 0.0584. The van der Waals surface area contributed by atoms with E-state index in [1.54, 1.807) is 5.57 Å². The van der Waals surface area contributed by atoms with E-state index in [0.29, 0.717) is 6.42 Å². The van der Waals surface area contributed by atoms with Gasteiger partial charge in [0.2, 0.25) is 0 Å². The number of hydrogen-bond donors (Lipinski definition) is 0. The molecule has 0 bridgehead atoms. The average Bonchev–Trinajstić information content (AvgIpc) is 3.48. The van der Waals surface area contributed by atoms with E-state index in [4.69, 9.17) is 4.74 Å². The molecule has 0 amide bonds. The summed E-state index contributed by atoms with van der Waals surface area (Å²) >= 11 is 0. The molecule has 0 N–H and O–H groups in total. The SMILES string of the molecule is CCCCCCCCCCCCCC/C=C(/CCCCCCCCC(=O)OC(CCCCCCCC)CCCCCCCC)CCn1c(C)ccc1C. The molecule has 0 spiro atoms. The van der Waals surface area contributed by atoms with Crippen LogP contribution in [0.25, 0.3) is 0 Å². The molecule has 3 heteroatoms. The summed E-state index contributed by atoms with van der Waals surface area (Å²) in [7, 11) is 0. The Labute approximate surface area is 332 Å². The van der Waals surface area contributed by atoms with Crippen LogP contribution in [0.3, 0.4) is 0 Å². The molecule has 0 aliphatic rings. The molecule has 0 saturated carbocycles. The Morgan fingerprint density at radius 3 is 1.34 bits per heavy atom. The van der Waals surface area contributed by atoms with Crippen LogP contribution >= 0.6 is 0 Å². The van der Waals surface area contributed by atoms with Crippen LogP contribution in [0, 0.1) is 13.8 Å². The number of ether oxygens (including phenoxy) is 1. The van der Waals surface area contributed by atoms with E-state index >= 15 is 0 Å². The van der Waals surface area contributed by atoms with E-state index in [9.17, 15) is 4.79 Å². The highest BCUT2D eigenvalue weighted by molar-refractivity contribution is 5.69. The maximum atomic E-state index is 12.8. The first-order valence-corrected chi connectivity index (χ1v) is 24.0. The van der Waals surface area contributed by atoms with Gasteiger partial charge in [-0.2, -0.15) is 0 Å². The van der Waals surface area contributed by atoms with Crippen molar-refractivity contribution in [2.45, 2.75) is 278 Å². The minimum Gasteiger partial charge on any atom is -0.462 e. The summed E-state index contributed by atoms with van der Waals surface area (Å²) in [5, 5.41) is 0. The van der Waals surface area contributed by atoms with E-state index < -0.39 is 0 Å². The first-order chi connectivity index (χ1) is 26.0. The van der Waals surface area contributed by atoms with Crippen LogP contribution in [0.1, 0.15) is 263 Å². The summed E-state index contributed by atoms with van der Waals surface area (Å²) in [5.74, 6) is 0.0584. The number of carbonyl (C=O) groups excluding carboxylic acids is 1. The van der Waals surface area contributed by atoms with Crippen LogP contribution in [0.2, 0.25) is 0 Å². The average molecular weight is 740 g/mol. The molecular weight excluding hydrogens is 647 g/mol. The molecule has 0 fully saturated rings. The number of aromatic nitrogens is 1. The molecule has 0 unspecified atom stereocenters. The van der Waals surface area contributed by atoms with Crippen LogP contribution in [0.4, 0.5) is 0 Å². The summed E-state index contributed by atoms with van der Waals surface area (Å²) in [5.41, 5.74) is 4.45. The number of unbranched alkanes of at least 4 members (excludes halogenated alkanes) is 27. The van der Waals surface area contributed by atoms with Gasteiger partial charge in [0, 0.05) is 24.4 Å². The van der Waals surface area contributed by atoms with E-state index in [1.807, 2.05) is 0 Å². The molecule has 3 nitrogen and oxygen atoms in total. The van der Waals surface area contributed by atoms with Gasteiger partial charge < -0.3 is 9.30 Å². The van der Waals surface area contributed by atoms with E-state index in [1.165, 1.54) is 210 Å². The number of rotatable bonds is 40. The van der Waals surface area contributed by atoms with Gasteiger partial charge in [-0.1, -0.05) is 193 Å². The second-order valence-corrected chi connectivity index (χ2v) is 16.9. The first-order valence-electron chi connectivity index (χ1n) is 24.0. The second-order valence-electron chi connectivity index (χ2n) is 16.9. The Kier molecular flexibility index (Phi) is 35.0. The van der Waals surface area contributed by atoms with Gasteiger partial charge in [0.05, 0.1) is 0 Å². The van der Waals surface area contributed by atoms with Crippen molar-refractivity contribution in [3.05, 3.63) is 35.2 Å². The zero-order valence-corrected chi connectivity index (χ0v) is 36.7. The van der Waals surface area contributed by atoms with Gasteiger partial charge in [-0.25, -0.2) is 0 Å². The molecule has 0 radical (unpaired) electrons. The lowest BCUT2D eigenvalue weighted by Crippen LogP contribution is -2.18. The van der Waals surface area contributed by atoms with Crippen molar-refractivity contribution in [1.29, 1.82) is 0 Å². The fraction of sp³-hybridized carbons (Fsp3) is 0.860. The Morgan fingerprint density at radius 1 is 0.509 bits per heavy atom. The zero-order valence-electron chi connectivity index (χ0n) is 36.7. The van der Waals surface area contributed by atoms with Crippen LogP contribution in [0.5, 0.6) is 0 Å². The Bertz CT molecular complexity index is 925. The molecule has 1 aromatic heterocycles. The smallest absolute Gasteiger partial charge is 0.306 e. The quantitative estimate of drug-likeness (QED) is 0.0381. The highest BCUT2D eigenvalue weighted by Gasteiger charge is 2.14. The highest BCUT2D eigenvalue weighted by Crippen LogP contribution is 2.21. The molecule has 310 valence electrons. The number of aryl methyl sites for hydroxylation is 2. The highest BCUT2D eigenvalue weighted by atomic mass is 16.5. The summed E-state index contributed by atoms with van der Waals surface area (Å²) in [6.45, 7) is 12.5. The molecule has 0 saturated heterocycles. The lowest BCUT2D eigenvalue weighted by molar-refractivity contribution is -0.150. The van der Waals surface area contributed by atoms with Gasteiger partial charge in [-0.3, -0.25) is 4.79 Å². The van der Waals surface area contributed by atoms with Crippen molar-refractivity contribution < 1.29 is 9.53 Å². The summed E-state index contributed by atoms with van der Waals surface area (Å²) in [4.78, 5) is 12.8. The summed E-state index contributed by atoms with van der Waals surface area (Å²) in [6, 6.07) is 4.52. The van der Waals surface area contributed by atoms with Gasteiger partial charge in [-0.15, -0.1) is 0 Å². The zero-order chi connectivity index (χ0) is 38.5. The van der Waals surface area contributed by atoms with Crippen LogP contribution in [-0.4, -0.2) is 16.6 Å². The Balaban J connectivity index is 2.31. The third-order valence-corrected chi connectivity index (χ3v) is 11.8. The lowest BCUT2D eigenvalue weighted by atomic mass is 10.00. The number of esters is 1. The molecule has 0 aliphatic heterocycles. The third kappa shape index (κ3) is 30.4. The van der Waals surface area contributed by atoms with Crippen molar-refractivity contribution in [2.24, 2.45) is 0 Å². The molecule has 1 rings (SSSR count). The number of allylic oxidation sites excluding steroid dienone is 2. The van der Waals surface area contributed by atoms with Crippen LogP contribution in [0.15, 0.2) is 23.8 Å². The number of nitrogens with zero attached hydrogens (tertiary/aromatic N) is 1. The maximum Gasteiger partial charge on any atom is 0.306 e. The molecule has 1 aromatic rings. The van der Waals surface area contributed by atoms with Gasteiger partial charge >= 0.3 is 5.97 Å². The number of hydrogen-bond acceptors (Lipinski definition) is 2. The van der Waals surface area contributed by atoms with Gasteiger partial charge in [0.15, 0.2) is 0 Å². The fourth-order valence-electron chi connectivity index (χ4n) is 8.07. The minimum atomic E-state index is 0.0584. The van der Waals surface area contributed by atoms with E-state index in [0.717, 1.165) is 32.2 Å². The van der Waals surface area contributed by atoms with Crippen molar-refractivity contribution in [1.82, 2.24) is 4.57 Å². The van der Waals surface area contributed by atoms with E-state index in [-0.39, 0.29) is 12.1 Å². The van der Waals surface area contributed by atoms with Crippen molar-refractivity contribution in [3.8, 4) is 0 Å². The van der Waals surface area contributed by atoms with Gasteiger partial charge in [0.1, 0.15) is 6.10 Å². The largest absolute Gasteiger partial charge is 0.462 e. The van der Waals surface area contributed by atoms with Crippen LogP contribution in [-0.2, 0) is 16.1 Å². The lowest BCUT2D eigenvalue weighted by Gasteiger charge is -2.18. The molecule has 0 aromatic carbocycles. The molecular formula is C50H93NO2. The summed E-state index contributed by atoms with van der Waals surface area (Å²) < 4.78 is 8.58. The summed E-state index contributed by atoms with van der Waals surface area (Å²) in [6.07, 6.45) is 49.1. The molecule has 0 atom stereocenters. The van der Waals surface area contributed by atoms with E-state index in [2.05, 4.69) is 57.4 Å². The Morgan fingerprint density at radius 2 is 0.887 bits per heavy atom. The maximum absolute atomic E-state index is 12.8. The first kappa shape index (κ1) is 49.5. The predicted molar refractivity (Wildman–Crippen MR) is 235 cm³/mol.